The molecule has 0 aromatic heterocycles. The molecule has 2 aliphatic rings. The molecule has 2 nitrogen and oxygen atoms in total. The summed E-state index contributed by atoms with van der Waals surface area (Å²) < 4.78 is 0. The monoisotopic (exact) mass is 210 g/mol. The van der Waals surface area contributed by atoms with Crippen LogP contribution in [0.1, 0.15) is 32.6 Å². The van der Waals surface area contributed by atoms with E-state index < -0.39 is 0 Å². The van der Waals surface area contributed by atoms with Crippen molar-refractivity contribution < 1.29 is 0 Å². The van der Waals surface area contributed by atoms with Crippen molar-refractivity contribution in [1.82, 2.24) is 10.2 Å². The first-order valence-electron chi connectivity index (χ1n) is 6.53. The van der Waals surface area contributed by atoms with Gasteiger partial charge in [-0.15, -0.1) is 0 Å². The Morgan fingerprint density at radius 1 is 1.27 bits per heavy atom. The zero-order valence-corrected chi connectivity index (χ0v) is 10.5. The fourth-order valence-electron chi connectivity index (χ4n) is 3.59. The Kier molecular flexibility index (Phi) is 3.68. The van der Waals surface area contributed by atoms with Gasteiger partial charge in [0, 0.05) is 12.6 Å². The van der Waals surface area contributed by atoms with Gasteiger partial charge in [-0.1, -0.05) is 6.42 Å². The molecule has 0 heterocycles. The molecular formula is C13H26N2. The summed E-state index contributed by atoms with van der Waals surface area (Å²) in [6.07, 6.45) is 6.08. The van der Waals surface area contributed by atoms with Crippen molar-refractivity contribution in [2.75, 3.05) is 27.2 Å². The molecule has 1 N–H and O–H groups in total. The third-order valence-corrected chi connectivity index (χ3v) is 4.25. The molecule has 2 bridgehead atoms. The molecular weight excluding hydrogens is 184 g/mol. The van der Waals surface area contributed by atoms with Gasteiger partial charge < -0.3 is 10.2 Å². The lowest BCUT2D eigenvalue weighted by Crippen LogP contribution is -2.39. The number of hydrogen-bond acceptors (Lipinski definition) is 2. The minimum atomic E-state index is 0.638. The first-order chi connectivity index (χ1) is 7.15. The van der Waals surface area contributed by atoms with Gasteiger partial charge in [-0.3, -0.25) is 0 Å². The molecule has 2 rings (SSSR count). The molecule has 0 spiro atoms. The van der Waals surface area contributed by atoms with E-state index in [2.05, 4.69) is 31.2 Å². The summed E-state index contributed by atoms with van der Waals surface area (Å²) in [5.41, 5.74) is 0. The lowest BCUT2D eigenvalue weighted by atomic mass is 9.89. The molecule has 2 heteroatoms. The van der Waals surface area contributed by atoms with Crippen LogP contribution in [-0.4, -0.2) is 38.1 Å². The van der Waals surface area contributed by atoms with Gasteiger partial charge in [0.25, 0.3) is 0 Å². The van der Waals surface area contributed by atoms with E-state index in [4.69, 9.17) is 0 Å². The maximum atomic E-state index is 3.70. The van der Waals surface area contributed by atoms with Gasteiger partial charge in [0.15, 0.2) is 0 Å². The second-order valence-corrected chi connectivity index (χ2v) is 6.01. The second-order valence-electron chi connectivity index (χ2n) is 6.01. The Balaban J connectivity index is 1.66. The molecule has 15 heavy (non-hydrogen) atoms. The molecule has 0 aromatic carbocycles. The summed E-state index contributed by atoms with van der Waals surface area (Å²) in [5, 5.41) is 3.70. The largest absolute Gasteiger partial charge is 0.313 e. The Labute approximate surface area is 94.4 Å². The molecule has 2 saturated carbocycles. The van der Waals surface area contributed by atoms with E-state index >= 15 is 0 Å². The fourth-order valence-corrected chi connectivity index (χ4v) is 3.59. The Hall–Kier alpha value is -0.0800. The van der Waals surface area contributed by atoms with Crippen LogP contribution in [0.15, 0.2) is 0 Å². The number of hydrogen-bond donors (Lipinski definition) is 1. The number of likely N-dealkylation sites (N-methyl/N-ethyl adjacent to an activating group) is 1. The molecule has 88 valence electrons. The average Bonchev–Trinajstić information content (AvgIpc) is 2.74. The molecule has 4 atom stereocenters. The predicted octanol–water partition coefficient (Wildman–Crippen LogP) is 1.96. The summed E-state index contributed by atoms with van der Waals surface area (Å²) in [5.74, 6) is 3.15. The molecule has 0 radical (unpaired) electrons. The Bertz CT molecular complexity index is 203. The second kappa shape index (κ2) is 4.84. The number of nitrogens with zero attached hydrogens (tertiary/aromatic N) is 1. The van der Waals surface area contributed by atoms with Crippen molar-refractivity contribution >= 4 is 0 Å². The van der Waals surface area contributed by atoms with Crippen molar-refractivity contribution in [2.24, 2.45) is 17.8 Å². The number of nitrogens with one attached hydrogen (secondary N) is 1. The van der Waals surface area contributed by atoms with Gasteiger partial charge in [-0.2, -0.15) is 0 Å². The third-order valence-electron chi connectivity index (χ3n) is 4.25. The molecule has 2 fully saturated rings. The number of rotatable bonds is 5. The lowest BCUT2D eigenvalue weighted by Gasteiger charge is -2.25. The minimum Gasteiger partial charge on any atom is -0.313 e. The lowest BCUT2D eigenvalue weighted by molar-refractivity contribution is 0.287. The van der Waals surface area contributed by atoms with Crippen molar-refractivity contribution in [2.45, 2.75) is 38.6 Å². The van der Waals surface area contributed by atoms with Crippen molar-refractivity contribution in [3.05, 3.63) is 0 Å². The van der Waals surface area contributed by atoms with Gasteiger partial charge in [-0.05, 0) is 64.6 Å². The standard InChI is InChI=1S/C13H26N2/c1-10(9-15(2)3)14-8-13-7-11-4-5-12(13)6-11/h10-14H,4-9H2,1-3H3. The van der Waals surface area contributed by atoms with E-state index in [1.807, 2.05) is 0 Å². The molecule has 0 saturated heterocycles. The maximum Gasteiger partial charge on any atom is 0.0166 e. The maximum absolute atomic E-state index is 3.70. The first-order valence-corrected chi connectivity index (χ1v) is 6.53. The highest BCUT2D eigenvalue weighted by Crippen LogP contribution is 2.47. The highest BCUT2D eigenvalue weighted by Gasteiger charge is 2.38. The van der Waals surface area contributed by atoms with E-state index in [9.17, 15) is 0 Å². The summed E-state index contributed by atoms with van der Waals surface area (Å²) in [6.45, 7) is 4.71. The first kappa shape index (κ1) is 11.4. The van der Waals surface area contributed by atoms with Crippen LogP contribution < -0.4 is 5.32 Å². The van der Waals surface area contributed by atoms with Crippen LogP contribution in [0.4, 0.5) is 0 Å². The van der Waals surface area contributed by atoms with Crippen molar-refractivity contribution in [1.29, 1.82) is 0 Å². The van der Waals surface area contributed by atoms with Crippen LogP contribution in [0.2, 0.25) is 0 Å². The van der Waals surface area contributed by atoms with E-state index in [1.165, 1.54) is 32.2 Å². The smallest absolute Gasteiger partial charge is 0.0166 e. The van der Waals surface area contributed by atoms with Gasteiger partial charge in [0.1, 0.15) is 0 Å². The molecule has 0 amide bonds. The van der Waals surface area contributed by atoms with Crippen LogP contribution in [0.25, 0.3) is 0 Å². The molecule has 0 aliphatic heterocycles. The Morgan fingerprint density at radius 2 is 2.07 bits per heavy atom. The van der Waals surface area contributed by atoms with Crippen LogP contribution >= 0.6 is 0 Å². The average molecular weight is 210 g/mol. The van der Waals surface area contributed by atoms with E-state index in [1.54, 1.807) is 0 Å². The summed E-state index contributed by atoms with van der Waals surface area (Å²) in [7, 11) is 4.30. The topological polar surface area (TPSA) is 15.3 Å². The van der Waals surface area contributed by atoms with Crippen LogP contribution in [-0.2, 0) is 0 Å². The Morgan fingerprint density at radius 3 is 2.60 bits per heavy atom. The molecule has 4 unspecified atom stereocenters. The SMILES string of the molecule is CC(CN(C)C)NCC1CC2CCC1C2. The predicted molar refractivity (Wildman–Crippen MR) is 65.0 cm³/mol. The third kappa shape index (κ3) is 2.94. The van der Waals surface area contributed by atoms with Gasteiger partial charge >= 0.3 is 0 Å². The fraction of sp³-hybridized carbons (Fsp3) is 1.00. The molecule has 2 aliphatic carbocycles. The van der Waals surface area contributed by atoms with Gasteiger partial charge in [0.05, 0.1) is 0 Å². The number of fused-ring (bicyclic) bond motifs is 2. The van der Waals surface area contributed by atoms with E-state index in [0.717, 1.165) is 24.3 Å². The zero-order chi connectivity index (χ0) is 10.8. The van der Waals surface area contributed by atoms with Gasteiger partial charge in [0.2, 0.25) is 0 Å². The van der Waals surface area contributed by atoms with Gasteiger partial charge in [-0.25, -0.2) is 0 Å². The van der Waals surface area contributed by atoms with Crippen LogP contribution in [0.5, 0.6) is 0 Å². The highest BCUT2D eigenvalue weighted by molar-refractivity contribution is 4.91. The molecule has 0 aromatic rings. The zero-order valence-electron chi connectivity index (χ0n) is 10.5. The summed E-state index contributed by atoms with van der Waals surface area (Å²) >= 11 is 0. The summed E-state index contributed by atoms with van der Waals surface area (Å²) in [4.78, 5) is 2.26. The van der Waals surface area contributed by atoms with Crippen LogP contribution in [0.3, 0.4) is 0 Å². The summed E-state index contributed by atoms with van der Waals surface area (Å²) in [6, 6.07) is 0.638. The van der Waals surface area contributed by atoms with Crippen LogP contribution in [0, 0.1) is 17.8 Å². The van der Waals surface area contributed by atoms with Crippen molar-refractivity contribution in [3.63, 3.8) is 0 Å². The quantitative estimate of drug-likeness (QED) is 0.746. The normalized spacial score (nSPS) is 36.4. The minimum absolute atomic E-state index is 0.638. The highest BCUT2D eigenvalue weighted by atomic mass is 15.1. The van der Waals surface area contributed by atoms with Crippen molar-refractivity contribution in [3.8, 4) is 0 Å². The van der Waals surface area contributed by atoms with E-state index in [-0.39, 0.29) is 0 Å². The van der Waals surface area contributed by atoms with E-state index in [0.29, 0.717) is 6.04 Å².